The van der Waals surface area contributed by atoms with Gasteiger partial charge in [-0.2, -0.15) is 0 Å². The highest BCUT2D eigenvalue weighted by Crippen LogP contribution is 2.28. The minimum Gasteiger partial charge on any atom is -0.395 e. The van der Waals surface area contributed by atoms with E-state index in [2.05, 4.69) is 22.0 Å². The van der Waals surface area contributed by atoms with Crippen molar-refractivity contribution in [2.45, 2.75) is 57.2 Å². The lowest BCUT2D eigenvalue weighted by atomic mass is 9.90. The lowest BCUT2D eigenvalue weighted by Crippen LogP contribution is -2.55. The van der Waals surface area contributed by atoms with E-state index in [1.807, 2.05) is 0 Å². The van der Waals surface area contributed by atoms with Gasteiger partial charge < -0.3 is 15.5 Å². The van der Waals surface area contributed by atoms with Crippen LogP contribution in [0.1, 0.15) is 39.0 Å². The zero-order valence-corrected chi connectivity index (χ0v) is 13.5. The van der Waals surface area contributed by atoms with E-state index in [-0.39, 0.29) is 13.2 Å². The van der Waals surface area contributed by atoms with Gasteiger partial charge in [0, 0.05) is 37.8 Å². The quantitative estimate of drug-likeness (QED) is 0.630. The predicted octanol–water partition coefficient (Wildman–Crippen LogP) is 0.268. The van der Waals surface area contributed by atoms with E-state index in [4.69, 9.17) is 0 Å². The van der Waals surface area contributed by atoms with Gasteiger partial charge in [-0.1, -0.05) is 6.92 Å². The number of nitrogens with zero attached hydrogens (tertiary/aromatic N) is 2. The molecule has 0 aromatic rings. The van der Waals surface area contributed by atoms with Gasteiger partial charge in [0.1, 0.15) is 0 Å². The molecule has 2 rings (SSSR count). The molecule has 21 heavy (non-hydrogen) atoms. The number of piperidine rings is 2. The Balaban J connectivity index is 1.92. The smallest absolute Gasteiger partial charge is 0.0558 e. The molecule has 2 fully saturated rings. The Labute approximate surface area is 129 Å². The van der Waals surface area contributed by atoms with Crippen LogP contribution in [-0.4, -0.2) is 84.1 Å². The summed E-state index contributed by atoms with van der Waals surface area (Å²) >= 11 is 0. The van der Waals surface area contributed by atoms with Crippen LogP contribution in [0.15, 0.2) is 0 Å². The highest BCUT2D eigenvalue weighted by molar-refractivity contribution is 4.91. The summed E-state index contributed by atoms with van der Waals surface area (Å²) in [7, 11) is 0. The van der Waals surface area contributed by atoms with E-state index in [9.17, 15) is 10.2 Å². The minimum absolute atomic E-state index is 0.186. The van der Waals surface area contributed by atoms with Crippen LogP contribution >= 0.6 is 0 Å². The third-order valence-electron chi connectivity index (χ3n) is 5.27. The molecule has 2 heterocycles. The first kappa shape index (κ1) is 17.2. The van der Waals surface area contributed by atoms with Crippen LogP contribution in [0.25, 0.3) is 0 Å². The number of aliphatic hydroxyl groups excluding tert-OH is 2. The van der Waals surface area contributed by atoms with Crippen LogP contribution in [0.5, 0.6) is 0 Å². The number of hydrogen-bond donors (Lipinski definition) is 3. The Morgan fingerprint density at radius 1 is 1.10 bits per heavy atom. The summed E-state index contributed by atoms with van der Waals surface area (Å²) < 4.78 is 0. The van der Waals surface area contributed by atoms with Crippen LogP contribution in [0.3, 0.4) is 0 Å². The molecule has 0 radical (unpaired) electrons. The Hall–Kier alpha value is -0.200. The molecule has 5 nitrogen and oxygen atoms in total. The summed E-state index contributed by atoms with van der Waals surface area (Å²) in [6.07, 6.45) is 6.10. The van der Waals surface area contributed by atoms with Gasteiger partial charge in [-0.15, -0.1) is 0 Å². The third kappa shape index (κ3) is 4.63. The summed E-state index contributed by atoms with van der Waals surface area (Å²) in [5.74, 6) is 0. The maximum absolute atomic E-state index is 9.23. The number of rotatable bonds is 7. The van der Waals surface area contributed by atoms with Gasteiger partial charge in [0.05, 0.1) is 13.2 Å². The SMILES string of the molecule is CC[C@@H]1CC(N(CCO)CCO)CCN1C1CCNCC1. The first-order valence-corrected chi connectivity index (χ1v) is 8.72. The van der Waals surface area contributed by atoms with Crippen molar-refractivity contribution in [3.63, 3.8) is 0 Å². The monoisotopic (exact) mass is 299 g/mol. The standard InChI is InChI=1S/C16H33N3O2/c1-2-14-13-16(18(9-11-20)10-12-21)5-8-19(14)15-3-6-17-7-4-15/h14-17,20-21H,2-13H2,1H3/t14-,16?/m1/s1. The number of nitrogens with one attached hydrogen (secondary N) is 1. The Kier molecular flexibility index (Phi) is 7.40. The lowest BCUT2D eigenvalue weighted by Gasteiger charge is -2.47. The summed E-state index contributed by atoms with van der Waals surface area (Å²) in [4.78, 5) is 5.02. The minimum atomic E-state index is 0.186. The maximum Gasteiger partial charge on any atom is 0.0558 e. The Morgan fingerprint density at radius 2 is 1.76 bits per heavy atom. The molecule has 1 unspecified atom stereocenters. The van der Waals surface area contributed by atoms with Gasteiger partial charge in [0.15, 0.2) is 0 Å². The molecule has 0 spiro atoms. The van der Waals surface area contributed by atoms with Crippen LogP contribution in [0.2, 0.25) is 0 Å². The van der Waals surface area contributed by atoms with Crippen molar-refractivity contribution in [1.82, 2.24) is 15.1 Å². The predicted molar refractivity (Wildman–Crippen MR) is 85.4 cm³/mol. The van der Waals surface area contributed by atoms with E-state index in [1.165, 1.54) is 38.6 Å². The highest BCUT2D eigenvalue weighted by Gasteiger charge is 2.34. The van der Waals surface area contributed by atoms with E-state index >= 15 is 0 Å². The van der Waals surface area contributed by atoms with E-state index in [0.29, 0.717) is 25.2 Å². The van der Waals surface area contributed by atoms with Crippen LogP contribution < -0.4 is 5.32 Å². The molecule has 0 aliphatic carbocycles. The molecular formula is C16H33N3O2. The summed E-state index contributed by atoms with van der Waals surface area (Å²) in [5.41, 5.74) is 0. The Morgan fingerprint density at radius 3 is 2.33 bits per heavy atom. The molecule has 0 bridgehead atoms. The molecule has 0 saturated carbocycles. The van der Waals surface area contributed by atoms with Crippen molar-refractivity contribution in [2.75, 3.05) is 45.9 Å². The molecular weight excluding hydrogens is 266 g/mol. The molecule has 2 atom stereocenters. The topological polar surface area (TPSA) is 59.0 Å². The van der Waals surface area contributed by atoms with E-state index in [0.717, 1.165) is 19.1 Å². The Bertz CT molecular complexity index is 279. The second-order valence-electron chi connectivity index (χ2n) is 6.44. The van der Waals surface area contributed by atoms with Crippen molar-refractivity contribution in [3.05, 3.63) is 0 Å². The molecule has 0 aromatic heterocycles. The summed E-state index contributed by atoms with van der Waals surface area (Å²) in [6, 6.07) is 1.93. The zero-order valence-electron chi connectivity index (χ0n) is 13.5. The molecule has 0 amide bonds. The number of likely N-dealkylation sites (tertiary alicyclic amines) is 1. The highest BCUT2D eigenvalue weighted by atomic mass is 16.3. The second-order valence-corrected chi connectivity index (χ2v) is 6.44. The van der Waals surface area contributed by atoms with Crippen molar-refractivity contribution in [1.29, 1.82) is 0 Å². The summed E-state index contributed by atoms with van der Waals surface area (Å²) in [6.45, 7) is 7.52. The van der Waals surface area contributed by atoms with Gasteiger partial charge >= 0.3 is 0 Å². The average Bonchev–Trinajstić information content (AvgIpc) is 2.55. The number of hydrogen-bond acceptors (Lipinski definition) is 5. The van der Waals surface area contributed by atoms with Gasteiger partial charge in [0.2, 0.25) is 0 Å². The zero-order chi connectivity index (χ0) is 15.1. The summed E-state index contributed by atoms with van der Waals surface area (Å²) in [5, 5.41) is 21.9. The molecule has 2 aliphatic rings. The fourth-order valence-corrected chi connectivity index (χ4v) is 4.13. The molecule has 2 saturated heterocycles. The fourth-order valence-electron chi connectivity index (χ4n) is 4.13. The maximum atomic E-state index is 9.23. The van der Waals surface area contributed by atoms with Crippen LogP contribution in [-0.2, 0) is 0 Å². The fraction of sp³-hybridized carbons (Fsp3) is 1.00. The van der Waals surface area contributed by atoms with Crippen LogP contribution in [0, 0.1) is 0 Å². The largest absolute Gasteiger partial charge is 0.395 e. The molecule has 0 aromatic carbocycles. The van der Waals surface area contributed by atoms with Gasteiger partial charge in [-0.05, 0) is 45.2 Å². The van der Waals surface area contributed by atoms with Crippen molar-refractivity contribution in [3.8, 4) is 0 Å². The average molecular weight is 299 g/mol. The van der Waals surface area contributed by atoms with Gasteiger partial charge in [-0.3, -0.25) is 9.80 Å². The van der Waals surface area contributed by atoms with Gasteiger partial charge in [-0.25, -0.2) is 0 Å². The third-order valence-corrected chi connectivity index (χ3v) is 5.27. The number of aliphatic hydroxyl groups is 2. The molecule has 2 aliphatic heterocycles. The second kappa shape index (κ2) is 9.06. The van der Waals surface area contributed by atoms with E-state index < -0.39 is 0 Å². The van der Waals surface area contributed by atoms with E-state index in [1.54, 1.807) is 0 Å². The first-order valence-electron chi connectivity index (χ1n) is 8.72. The molecule has 5 heteroatoms. The lowest BCUT2D eigenvalue weighted by molar-refractivity contribution is 0.0158. The molecule has 124 valence electrons. The van der Waals surface area contributed by atoms with Crippen molar-refractivity contribution < 1.29 is 10.2 Å². The van der Waals surface area contributed by atoms with Crippen molar-refractivity contribution in [2.24, 2.45) is 0 Å². The van der Waals surface area contributed by atoms with Crippen LogP contribution in [0.4, 0.5) is 0 Å². The normalized spacial score (nSPS) is 29.1. The van der Waals surface area contributed by atoms with Gasteiger partial charge in [0.25, 0.3) is 0 Å². The van der Waals surface area contributed by atoms with Crippen molar-refractivity contribution >= 4 is 0 Å². The molecule has 3 N–H and O–H groups in total. The first-order chi connectivity index (χ1) is 10.3.